The van der Waals surface area contributed by atoms with Crippen molar-refractivity contribution in [3.63, 3.8) is 0 Å². The number of benzene rings is 1. The molecular formula is C18H17ClN2O2. The van der Waals surface area contributed by atoms with Crippen LogP contribution in [0.5, 0.6) is 5.75 Å². The van der Waals surface area contributed by atoms with Crippen LogP contribution >= 0.6 is 11.6 Å². The Kier molecular flexibility index (Phi) is 4.63. The highest BCUT2D eigenvalue weighted by Gasteiger charge is 2.09. The Labute approximate surface area is 139 Å². The minimum atomic E-state index is -0.0481. The molecule has 118 valence electrons. The fraction of sp³-hybridized carbons (Fsp3) is 0.222. The predicted octanol–water partition coefficient (Wildman–Crippen LogP) is 3.61. The van der Waals surface area contributed by atoms with Crippen LogP contribution in [0, 0.1) is 0 Å². The van der Waals surface area contributed by atoms with Gasteiger partial charge < -0.3 is 9.30 Å². The van der Waals surface area contributed by atoms with Gasteiger partial charge in [-0.05, 0) is 54.4 Å². The van der Waals surface area contributed by atoms with E-state index in [0.29, 0.717) is 23.4 Å². The molecule has 0 amide bonds. The van der Waals surface area contributed by atoms with Gasteiger partial charge in [-0.15, -0.1) is 11.6 Å². The molecule has 0 aliphatic rings. The molecule has 0 bridgehead atoms. The van der Waals surface area contributed by atoms with Crippen molar-refractivity contribution in [2.45, 2.75) is 6.42 Å². The van der Waals surface area contributed by atoms with E-state index in [4.69, 9.17) is 16.3 Å². The second-order valence-corrected chi connectivity index (χ2v) is 5.62. The van der Waals surface area contributed by atoms with Crippen LogP contribution in [0.1, 0.15) is 6.42 Å². The van der Waals surface area contributed by atoms with Crippen LogP contribution in [0.2, 0.25) is 0 Å². The van der Waals surface area contributed by atoms with Crippen LogP contribution in [0.15, 0.2) is 53.5 Å². The van der Waals surface area contributed by atoms with E-state index in [0.717, 1.165) is 23.4 Å². The Balaban J connectivity index is 1.97. The van der Waals surface area contributed by atoms with E-state index in [2.05, 4.69) is 4.98 Å². The van der Waals surface area contributed by atoms with Crippen molar-refractivity contribution in [2.24, 2.45) is 7.05 Å². The summed E-state index contributed by atoms with van der Waals surface area (Å²) in [6.07, 6.45) is 2.51. The molecule has 0 atom stereocenters. The molecule has 0 radical (unpaired) electrons. The number of aromatic nitrogens is 2. The maximum Gasteiger partial charge on any atom is 0.260 e. The summed E-state index contributed by atoms with van der Waals surface area (Å²) in [6.45, 7) is 0.598. The first kappa shape index (κ1) is 15.6. The molecule has 0 unspecified atom stereocenters. The zero-order chi connectivity index (χ0) is 16.2. The number of nitrogens with zero attached hydrogens (tertiary/aromatic N) is 2. The molecule has 0 saturated carbocycles. The normalized spacial score (nSPS) is 10.9. The molecule has 2 heterocycles. The van der Waals surface area contributed by atoms with E-state index < -0.39 is 0 Å². The molecule has 0 fully saturated rings. The van der Waals surface area contributed by atoms with Crippen LogP contribution in [-0.2, 0) is 7.05 Å². The van der Waals surface area contributed by atoms with Gasteiger partial charge in [-0.25, -0.2) is 0 Å². The number of hydrogen-bond donors (Lipinski definition) is 0. The summed E-state index contributed by atoms with van der Waals surface area (Å²) in [4.78, 5) is 16.7. The molecule has 5 heteroatoms. The molecule has 0 aliphatic carbocycles. The summed E-state index contributed by atoms with van der Waals surface area (Å²) in [5.74, 6) is 1.38. The fourth-order valence-corrected chi connectivity index (χ4v) is 2.58. The summed E-state index contributed by atoms with van der Waals surface area (Å²) in [7, 11) is 1.77. The lowest BCUT2D eigenvalue weighted by atomic mass is 10.1. The SMILES string of the molecule is Cn1c(-c2ccc(OCCCCl)cc2)cc2ncccc2c1=O. The van der Waals surface area contributed by atoms with Gasteiger partial charge in [-0.3, -0.25) is 9.78 Å². The van der Waals surface area contributed by atoms with Gasteiger partial charge in [-0.1, -0.05) is 0 Å². The van der Waals surface area contributed by atoms with Crippen molar-refractivity contribution in [3.8, 4) is 17.0 Å². The van der Waals surface area contributed by atoms with Gasteiger partial charge in [0.1, 0.15) is 5.75 Å². The summed E-state index contributed by atoms with van der Waals surface area (Å²) >= 11 is 5.63. The standard InChI is InChI=1S/C18H17ClN2O2/c1-21-17(12-16-15(18(21)22)4-2-10-20-16)13-5-7-14(8-6-13)23-11-3-9-19/h2,4-8,10,12H,3,9,11H2,1H3. The van der Waals surface area contributed by atoms with Gasteiger partial charge in [-0.2, -0.15) is 0 Å². The number of alkyl halides is 1. The predicted molar refractivity (Wildman–Crippen MR) is 93.3 cm³/mol. The Morgan fingerprint density at radius 2 is 2.00 bits per heavy atom. The van der Waals surface area contributed by atoms with Crippen molar-refractivity contribution < 1.29 is 4.74 Å². The molecule has 3 rings (SSSR count). The number of hydrogen-bond acceptors (Lipinski definition) is 3. The van der Waals surface area contributed by atoms with Crippen LogP contribution < -0.4 is 10.3 Å². The maximum absolute atomic E-state index is 12.4. The number of halogens is 1. The van der Waals surface area contributed by atoms with Crippen molar-refractivity contribution >= 4 is 22.5 Å². The van der Waals surface area contributed by atoms with Gasteiger partial charge >= 0.3 is 0 Å². The lowest BCUT2D eigenvalue weighted by Crippen LogP contribution is -2.18. The number of rotatable bonds is 5. The summed E-state index contributed by atoms with van der Waals surface area (Å²) in [6, 6.07) is 13.2. The van der Waals surface area contributed by atoms with Crippen LogP contribution in [0.3, 0.4) is 0 Å². The van der Waals surface area contributed by atoms with Crippen molar-refractivity contribution in [2.75, 3.05) is 12.5 Å². The minimum absolute atomic E-state index is 0.0481. The van der Waals surface area contributed by atoms with Crippen LogP contribution in [0.4, 0.5) is 0 Å². The zero-order valence-electron chi connectivity index (χ0n) is 12.8. The second-order valence-electron chi connectivity index (χ2n) is 5.25. The van der Waals surface area contributed by atoms with Crippen LogP contribution in [-0.4, -0.2) is 22.0 Å². The lowest BCUT2D eigenvalue weighted by Gasteiger charge is -2.11. The molecular weight excluding hydrogens is 312 g/mol. The smallest absolute Gasteiger partial charge is 0.260 e. The zero-order valence-corrected chi connectivity index (χ0v) is 13.6. The molecule has 0 N–H and O–H groups in total. The third-order valence-corrected chi connectivity index (χ3v) is 3.97. The average molecular weight is 329 g/mol. The molecule has 1 aromatic carbocycles. The Morgan fingerprint density at radius 1 is 1.22 bits per heavy atom. The number of fused-ring (bicyclic) bond motifs is 1. The third kappa shape index (κ3) is 3.22. The quantitative estimate of drug-likeness (QED) is 0.531. The van der Waals surface area contributed by atoms with E-state index in [1.165, 1.54) is 0 Å². The fourth-order valence-electron chi connectivity index (χ4n) is 2.47. The number of pyridine rings is 2. The second kappa shape index (κ2) is 6.84. The topological polar surface area (TPSA) is 44.1 Å². The molecule has 3 aromatic rings. The monoisotopic (exact) mass is 328 g/mol. The Hall–Kier alpha value is -2.33. The van der Waals surface area contributed by atoms with Crippen molar-refractivity contribution in [1.29, 1.82) is 0 Å². The summed E-state index contributed by atoms with van der Waals surface area (Å²) < 4.78 is 7.24. The van der Waals surface area contributed by atoms with Gasteiger partial charge in [0.25, 0.3) is 5.56 Å². The molecule has 0 saturated heterocycles. The average Bonchev–Trinajstić information content (AvgIpc) is 2.59. The Bertz CT molecular complexity index is 872. The first-order chi connectivity index (χ1) is 11.2. The van der Waals surface area contributed by atoms with Gasteiger partial charge in [0.2, 0.25) is 0 Å². The van der Waals surface area contributed by atoms with Crippen molar-refractivity contribution in [1.82, 2.24) is 9.55 Å². The Morgan fingerprint density at radius 3 is 2.74 bits per heavy atom. The number of ether oxygens (including phenoxy) is 1. The van der Waals surface area contributed by atoms with E-state index in [1.54, 1.807) is 29.9 Å². The molecule has 0 spiro atoms. The van der Waals surface area contributed by atoms with E-state index in [9.17, 15) is 4.79 Å². The summed E-state index contributed by atoms with van der Waals surface area (Å²) in [5, 5.41) is 0.625. The molecule has 23 heavy (non-hydrogen) atoms. The van der Waals surface area contributed by atoms with E-state index >= 15 is 0 Å². The third-order valence-electron chi connectivity index (χ3n) is 3.71. The summed E-state index contributed by atoms with van der Waals surface area (Å²) in [5.41, 5.74) is 2.43. The highest BCUT2D eigenvalue weighted by Crippen LogP contribution is 2.23. The minimum Gasteiger partial charge on any atom is -0.494 e. The highest BCUT2D eigenvalue weighted by atomic mass is 35.5. The first-order valence-corrected chi connectivity index (χ1v) is 7.98. The molecule has 4 nitrogen and oxygen atoms in total. The largest absolute Gasteiger partial charge is 0.494 e. The van der Waals surface area contributed by atoms with E-state index in [1.807, 2.05) is 30.3 Å². The van der Waals surface area contributed by atoms with Gasteiger partial charge in [0.05, 0.1) is 23.2 Å². The van der Waals surface area contributed by atoms with Crippen LogP contribution in [0.25, 0.3) is 22.2 Å². The molecule has 2 aromatic heterocycles. The lowest BCUT2D eigenvalue weighted by molar-refractivity contribution is 0.318. The molecule has 0 aliphatic heterocycles. The highest BCUT2D eigenvalue weighted by molar-refractivity contribution is 6.17. The van der Waals surface area contributed by atoms with Gasteiger partial charge in [0, 0.05) is 19.1 Å². The maximum atomic E-state index is 12.4. The van der Waals surface area contributed by atoms with Crippen molar-refractivity contribution in [3.05, 3.63) is 59.0 Å². The van der Waals surface area contributed by atoms with E-state index in [-0.39, 0.29) is 5.56 Å². The first-order valence-electron chi connectivity index (χ1n) is 7.44. The van der Waals surface area contributed by atoms with Gasteiger partial charge in [0.15, 0.2) is 0 Å².